The lowest BCUT2D eigenvalue weighted by molar-refractivity contribution is 0.102. The van der Waals surface area contributed by atoms with E-state index in [0.29, 0.717) is 16.5 Å². The summed E-state index contributed by atoms with van der Waals surface area (Å²) in [5.41, 5.74) is 1.36. The lowest BCUT2D eigenvalue weighted by Gasteiger charge is -2.13. The third kappa shape index (κ3) is 4.01. The second-order valence-electron chi connectivity index (χ2n) is 5.17. The Morgan fingerprint density at radius 3 is 2.38 bits per heavy atom. The van der Waals surface area contributed by atoms with E-state index < -0.39 is 15.7 Å². The van der Waals surface area contributed by atoms with Crippen molar-refractivity contribution >= 4 is 44.6 Å². The molecule has 0 saturated heterocycles. The number of rotatable bonds is 4. The first kappa shape index (κ1) is 18.6. The number of carbonyl (C=O) groups is 1. The standard InChI is InChI=1S/C16H15Cl2NO4S/c1-9-6-13(14(23-2)8-12(9)18)19-16(20)10-4-5-11(17)15(7-10)24(3,21)22/h4-8H,1-3H3,(H,19,20). The first-order valence-electron chi connectivity index (χ1n) is 6.78. The van der Waals surface area contributed by atoms with Crippen molar-refractivity contribution in [1.29, 1.82) is 0 Å². The van der Waals surface area contributed by atoms with Gasteiger partial charge in [0.05, 0.1) is 22.7 Å². The summed E-state index contributed by atoms with van der Waals surface area (Å²) in [4.78, 5) is 12.3. The van der Waals surface area contributed by atoms with Gasteiger partial charge in [-0.05, 0) is 36.8 Å². The van der Waals surface area contributed by atoms with Crippen molar-refractivity contribution in [2.75, 3.05) is 18.7 Å². The van der Waals surface area contributed by atoms with Crippen LogP contribution >= 0.6 is 23.2 Å². The van der Waals surface area contributed by atoms with Crippen LogP contribution in [0.15, 0.2) is 35.2 Å². The Hall–Kier alpha value is -1.76. The van der Waals surface area contributed by atoms with Crippen molar-refractivity contribution in [3.63, 3.8) is 0 Å². The molecule has 1 amide bonds. The summed E-state index contributed by atoms with van der Waals surface area (Å²) >= 11 is 11.9. The number of halogens is 2. The third-order valence-corrected chi connectivity index (χ3v) is 5.31. The quantitative estimate of drug-likeness (QED) is 0.861. The minimum atomic E-state index is -3.54. The van der Waals surface area contributed by atoms with Crippen LogP contribution in [-0.4, -0.2) is 27.7 Å². The minimum absolute atomic E-state index is 0.0639. The number of aryl methyl sites for hydroxylation is 1. The number of sulfone groups is 1. The van der Waals surface area contributed by atoms with Gasteiger partial charge in [0.25, 0.3) is 5.91 Å². The van der Waals surface area contributed by atoms with E-state index in [1.165, 1.54) is 25.3 Å². The molecule has 0 fully saturated rings. The molecule has 128 valence electrons. The van der Waals surface area contributed by atoms with E-state index in [4.69, 9.17) is 27.9 Å². The Kier molecular flexibility index (Phi) is 5.42. The van der Waals surface area contributed by atoms with Gasteiger partial charge in [-0.3, -0.25) is 4.79 Å². The molecule has 0 saturated carbocycles. The summed E-state index contributed by atoms with van der Waals surface area (Å²) in [7, 11) is -2.08. The highest BCUT2D eigenvalue weighted by atomic mass is 35.5. The van der Waals surface area contributed by atoms with Crippen LogP contribution < -0.4 is 10.1 Å². The maximum atomic E-state index is 12.4. The predicted molar refractivity (Wildman–Crippen MR) is 95.3 cm³/mol. The molecule has 0 spiro atoms. The van der Waals surface area contributed by atoms with Gasteiger partial charge in [-0.15, -0.1) is 0 Å². The van der Waals surface area contributed by atoms with E-state index in [9.17, 15) is 13.2 Å². The lowest BCUT2D eigenvalue weighted by Crippen LogP contribution is -2.14. The Morgan fingerprint density at radius 1 is 1.12 bits per heavy atom. The SMILES string of the molecule is COc1cc(Cl)c(C)cc1NC(=O)c1ccc(Cl)c(S(C)(=O)=O)c1. The number of hydrogen-bond acceptors (Lipinski definition) is 4. The van der Waals surface area contributed by atoms with E-state index in [0.717, 1.165) is 11.8 Å². The van der Waals surface area contributed by atoms with Crippen LogP contribution in [0.3, 0.4) is 0 Å². The number of carbonyl (C=O) groups excluding carboxylic acids is 1. The maximum absolute atomic E-state index is 12.4. The summed E-state index contributed by atoms with van der Waals surface area (Å²) in [6.45, 7) is 1.79. The van der Waals surface area contributed by atoms with Gasteiger partial charge in [0, 0.05) is 22.9 Å². The van der Waals surface area contributed by atoms with Crippen molar-refractivity contribution in [3.8, 4) is 5.75 Å². The Bertz CT molecular complexity index is 911. The van der Waals surface area contributed by atoms with Gasteiger partial charge in [-0.2, -0.15) is 0 Å². The number of methoxy groups -OCH3 is 1. The van der Waals surface area contributed by atoms with E-state index in [-0.39, 0.29) is 15.5 Å². The van der Waals surface area contributed by atoms with Gasteiger partial charge in [0.2, 0.25) is 0 Å². The largest absolute Gasteiger partial charge is 0.495 e. The average Bonchev–Trinajstić information content (AvgIpc) is 2.49. The average molecular weight is 388 g/mol. The molecule has 2 aromatic carbocycles. The van der Waals surface area contributed by atoms with Crippen molar-refractivity contribution in [2.24, 2.45) is 0 Å². The van der Waals surface area contributed by atoms with Crippen molar-refractivity contribution in [1.82, 2.24) is 0 Å². The molecule has 1 N–H and O–H groups in total. The van der Waals surface area contributed by atoms with Crippen LogP contribution in [0.4, 0.5) is 5.69 Å². The summed E-state index contributed by atoms with van der Waals surface area (Å²) < 4.78 is 28.6. The highest BCUT2D eigenvalue weighted by Crippen LogP contribution is 2.31. The molecular formula is C16H15Cl2NO4S. The van der Waals surface area contributed by atoms with E-state index in [1.54, 1.807) is 19.1 Å². The van der Waals surface area contributed by atoms with Crippen LogP contribution in [0, 0.1) is 6.92 Å². The van der Waals surface area contributed by atoms with Gasteiger partial charge >= 0.3 is 0 Å². The summed E-state index contributed by atoms with van der Waals surface area (Å²) in [6, 6.07) is 7.32. The number of ether oxygens (including phenoxy) is 1. The molecule has 0 radical (unpaired) electrons. The topological polar surface area (TPSA) is 72.5 Å². The van der Waals surface area contributed by atoms with Crippen LogP contribution in [-0.2, 0) is 9.84 Å². The molecule has 0 aliphatic rings. The second kappa shape index (κ2) is 7.01. The van der Waals surface area contributed by atoms with Crippen molar-refractivity contribution in [3.05, 3.63) is 51.5 Å². The number of hydrogen-bond donors (Lipinski definition) is 1. The number of nitrogens with one attached hydrogen (secondary N) is 1. The summed E-state index contributed by atoms with van der Waals surface area (Å²) in [5, 5.41) is 3.26. The fourth-order valence-electron chi connectivity index (χ4n) is 2.05. The van der Waals surface area contributed by atoms with Gasteiger partial charge in [-0.25, -0.2) is 8.42 Å². The zero-order chi connectivity index (χ0) is 18.1. The monoisotopic (exact) mass is 387 g/mol. The van der Waals surface area contributed by atoms with Gasteiger partial charge in [-0.1, -0.05) is 23.2 Å². The first-order valence-corrected chi connectivity index (χ1v) is 9.43. The molecule has 2 rings (SSSR count). The van der Waals surface area contributed by atoms with E-state index in [1.807, 2.05) is 0 Å². The zero-order valence-corrected chi connectivity index (χ0v) is 15.5. The Labute approximate surface area is 150 Å². The molecule has 8 heteroatoms. The molecule has 0 unspecified atom stereocenters. The van der Waals surface area contributed by atoms with Crippen molar-refractivity contribution < 1.29 is 17.9 Å². The maximum Gasteiger partial charge on any atom is 0.255 e. The van der Waals surface area contributed by atoms with Crippen molar-refractivity contribution in [2.45, 2.75) is 11.8 Å². The Morgan fingerprint density at radius 2 is 1.79 bits per heavy atom. The van der Waals surface area contributed by atoms with E-state index in [2.05, 4.69) is 5.32 Å². The molecule has 0 bridgehead atoms. The molecule has 0 aliphatic carbocycles. The van der Waals surface area contributed by atoms with Crippen LogP contribution in [0.2, 0.25) is 10.0 Å². The number of anilines is 1. The fraction of sp³-hybridized carbons (Fsp3) is 0.188. The molecule has 0 atom stereocenters. The van der Waals surface area contributed by atoms with Gasteiger partial charge < -0.3 is 10.1 Å². The first-order chi connectivity index (χ1) is 11.1. The predicted octanol–water partition coefficient (Wildman–Crippen LogP) is 3.97. The van der Waals surface area contributed by atoms with Crippen LogP contribution in [0.25, 0.3) is 0 Å². The summed E-state index contributed by atoms with van der Waals surface area (Å²) in [6.07, 6.45) is 1.03. The van der Waals surface area contributed by atoms with E-state index >= 15 is 0 Å². The lowest BCUT2D eigenvalue weighted by atomic mass is 10.1. The Balaban J connectivity index is 2.40. The number of amides is 1. The van der Waals surface area contributed by atoms with Gasteiger partial charge in [0.15, 0.2) is 9.84 Å². The third-order valence-electron chi connectivity index (χ3n) is 3.32. The highest BCUT2D eigenvalue weighted by molar-refractivity contribution is 7.90. The smallest absolute Gasteiger partial charge is 0.255 e. The normalized spacial score (nSPS) is 11.2. The zero-order valence-electron chi connectivity index (χ0n) is 13.2. The number of benzene rings is 2. The summed E-state index contributed by atoms with van der Waals surface area (Å²) in [5.74, 6) is -0.0900. The molecule has 2 aromatic rings. The molecular weight excluding hydrogens is 373 g/mol. The minimum Gasteiger partial charge on any atom is -0.495 e. The highest BCUT2D eigenvalue weighted by Gasteiger charge is 2.17. The van der Waals surface area contributed by atoms with Crippen LogP contribution in [0.1, 0.15) is 15.9 Å². The van der Waals surface area contributed by atoms with Crippen LogP contribution in [0.5, 0.6) is 5.75 Å². The molecule has 5 nitrogen and oxygen atoms in total. The van der Waals surface area contributed by atoms with Gasteiger partial charge in [0.1, 0.15) is 5.75 Å². The second-order valence-corrected chi connectivity index (χ2v) is 7.97. The molecule has 0 heterocycles. The molecule has 0 aromatic heterocycles. The fourth-order valence-corrected chi connectivity index (χ4v) is 3.51. The molecule has 0 aliphatic heterocycles. The molecule has 24 heavy (non-hydrogen) atoms.